The SMILES string of the molecule is COCC1OC(n2cnc3c(NCC(c4ccccc4)c4ccccc4)nc(CNC4CCCC4)nc32)C(O)C1O. The van der Waals surface area contributed by atoms with Crippen LogP contribution in [0.15, 0.2) is 67.0 Å². The minimum atomic E-state index is -1.15. The molecule has 216 valence electrons. The second kappa shape index (κ2) is 12.6. The minimum absolute atomic E-state index is 0.0921. The zero-order chi connectivity index (χ0) is 28.2. The number of rotatable bonds is 11. The van der Waals surface area contributed by atoms with Crippen molar-refractivity contribution < 1.29 is 19.7 Å². The number of nitrogens with zero attached hydrogens (tertiary/aromatic N) is 4. The Morgan fingerprint density at radius 2 is 1.66 bits per heavy atom. The molecule has 0 radical (unpaired) electrons. The van der Waals surface area contributed by atoms with Gasteiger partial charge in [-0.25, -0.2) is 15.0 Å². The molecule has 6 rings (SSSR count). The Bertz CT molecular complexity index is 1370. The predicted octanol–water partition coefficient (Wildman–Crippen LogP) is 3.37. The maximum atomic E-state index is 10.8. The largest absolute Gasteiger partial charge is 0.387 e. The van der Waals surface area contributed by atoms with Gasteiger partial charge in [0.1, 0.15) is 24.1 Å². The highest BCUT2D eigenvalue weighted by Gasteiger charge is 2.44. The number of ether oxygens (including phenoxy) is 2. The van der Waals surface area contributed by atoms with Crippen molar-refractivity contribution in [1.29, 1.82) is 0 Å². The van der Waals surface area contributed by atoms with Gasteiger partial charge in [-0.2, -0.15) is 0 Å². The number of benzene rings is 2. The van der Waals surface area contributed by atoms with Crippen LogP contribution < -0.4 is 10.6 Å². The number of hydrogen-bond donors (Lipinski definition) is 4. The number of aliphatic hydroxyl groups is 2. The molecule has 0 bridgehead atoms. The molecule has 41 heavy (non-hydrogen) atoms. The van der Waals surface area contributed by atoms with E-state index in [2.05, 4.69) is 64.1 Å². The molecule has 4 unspecified atom stereocenters. The minimum Gasteiger partial charge on any atom is -0.387 e. The molecule has 10 heteroatoms. The van der Waals surface area contributed by atoms with Crippen LogP contribution in [0.1, 0.15) is 54.8 Å². The first-order chi connectivity index (χ1) is 20.1. The smallest absolute Gasteiger partial charge is 0.168 e. The van der Waals surface area contributed by atoms with Gasteiger partial charge >= 0.3 is 0 Å². The number of aliphatic hydroxyl groups excluding tert-OH is 2. The van der Waals surface area contributed by atoms with Gasteiger partial charge in [-0.3, -0.25) is 4.57 Å². The highest BCUT2D eigenvalue weighted by Crippen LogP contribution is 2.33. The van der Waals surface area contributed by atoms with Crippen LogP contribution in [0.3, 0.4) is 0 Å². The van der Waals surface area contributed by atoms with Crippen LogP contribution in [-0.4, -0.2) is 74.3 Å². The highest BCUT2D eigenvalue weighted by molar-refractivity contribution is 5.83. The van der Waals surface area contributed by atoms with Crippen molar-refractivity contribution in [1.82, 2.24) is 24.8 Å². The molecular formula is C31H38N6O4. The summed E-state index contributed by atoms with van der Waals surface area (Å²) in [5, 5.41) is 28.6. The van der Waals surface area contributed by atoms with Gasteiger partial charge in [0.05, 0.1) is 19.5 Å². The number of methoxy groups -OCH3 is 1. The number of anilines is 1. The van der Waals surface area contributed by atoms with E-state index in [4.69, 9.17) is 19.4 Å². The van der Waals surface area contributed by atoms with E-state index >= 15 is 0 Å². The fourth-order valence-corrected chi connectivity index (χ4v) is 5.97. The van der Waals surface area contributed by atoms with Crippen molar-refractivity contribution in [2.75, 3.05) is 25.6 Å². The molecule has 0 amide bonds. The molecule has 4 aromatic rings. The van der Waals surface area contributed by atoms with Crippen molar-refractivity contribution >= 4 is 17.0 Å². The number of imidazole rings is 1. The van der Waals surface area contributed by atoms with Gasteiger partial charge in [0.2, 0.25) is 0 Å². The summed E-state index contributed by atoms with van der Waals surface area (Å²) >= 11 is 0. The summed E-state index contributed by atoms with van der Waals surface area (Å²) in [5.74, 6) is 1.34. The van der Waals surface area contributed by atoms with E-state index in [0.29, 0.717) is 41.9 Å². The first kappa shape index (κ1) is 27.7. The Balaban J connectivity index is 1.33. The molecule has 2 aliphatic rings. The molecular weight excluding hydrogens is 520 g/mol. The number of fused-ring (bicyclic) bond motifs is 1. The lowest BCUT2D eigenvalue weighted by Crippen LogP contribution is -2.33. The monoisotopic (exact) mass is 558 g/mol. The van der Waals surface area contributed by atoms with E-state index in [1.54, 1.807) is 10.9 Å². The number of hydrogen-bond acceptors (Lipinski definition) is 9. The van der Waals surface area contributed by atoms with E-state index in [-0.39, 0.29) is 12.5 Å². The van der Waals surface area contributed by atoms with E-state index < -0.39 is 24.5 Å². The summed E-state index contributed by atoms with van der Waals surface area (Å²) in [6, 6.07) is 21.3. The molecule has 1 aliphatic heterocycles. The van der Waals surface area contributed by atoms with Crippen LogP contribution in [-0.2, 0) is 16.0 Å². The van der Waals surface area contributed by atoms with Gasteiger partial charge in [0, 0.05) is 25.6 Å². The van der Waals surface area contributed by atoms with Crippen LogP contribution in [0.4, 0.5) is 5.82 Å². The molecule has 3 heterocycles. The van der Waals surface area contributed by atoms with Crippen LogP contribution in [0.25, 0.3) is 11.2 Å². The summed E-state index contributed by atoms with van der Waals surface area (Å²) < 4.78 is 12.9. The quantitative estimate of drug-likeness (QED) is 0.219. The van der Waals surface area contributed by atoms with E-state index in [9.17, 15) is 10.2 Å². The normalized spacial score (nSPS) is 23.1. The summed E-state index contributed by atoms with van der Waals surface area (Å²) in [7, 11) is 1.54. The molecule has 4 atom stereocenters. The Labute approximate surface area is 239 Å². The molecule has 1 saturated heterocycles. The van der Waals surface area contributed by atoms with Crippen LogP contribution in [0.5, 0.6) is 0 Å². The fraction of sp³-hybridized carbons (Fsp3) is 0.452. The fourth-order valence-electron chi connectivity index (χ4n) is 5.97. The van der Waals surface area contributed by atoms with Gasteiger partial charge in [-0.05, 0) is 24.0 Å². The van der Waals surface area contributed by atoms with Crippen LogP contribution in [0, 0.1) is 0 Å². The third-order valence-electron chi connectivity index (χ3n) is 8.19. The summed E-state index contributed by atoms with van der Waals surface area (Å²) in [6.45, 7) is 1.28. The summed E-state index contributed by atoms with van der Waals surface area (Å²) in [5.41, 5.74) is 3.52. The molecule has 4 N–H and O–H groups in total. The number of aromatic nitrogens is 4. The zero-order valence-electron chi connectivity index (χ0n) is 23.3. The lowest BCUT2D eigenvalue weighted by Gasteiger charge is -2.20. The van der Waals surface area contributed by atoms with E-state index in [1.165, 1.54) is 31.1 Å². The standard InChI is InChI=1S/C31H38N6O4/c1-40-18-24-27(38)28(39)31(41-24)37-19-34-26-29(35-25(36-30(26)37)17-32-22-14-8-9-15-22)33-16-23(20-10-4-2-5-11-20)21-12-6-3-7-13-21/h2-7,10-13,19,22-24,27-28,31-32,38-39H,8-9,14-18H2,1H3,(H,33,35,36). The van der Waals surface area contributed by atoms with Gasteiger partial charge in [0.15, 0.2) is 23.2 Å². The molecule has 2 aromatic carbocycles. The van der Waals surface area contributed by atoms with Crippen molar-refractivity contribution in [2.24, 2.45) is 0 Å². The molecule has 1 aliphatic carbocycles. The third-order valence-corrected chi connectivity index (χ3v) is 8.19. The average molecular weight is 559 g/mol. The topological polar surface area (TPSA) is 127 Å². The summed E-state index contributed by atoms with van der Waals surface area (Å²) in [4.78, 5) is 14.4. The Hall–Kier alpha value is -3.41. The molecule has 2 aromatic heterocycles. The molecule has 0 spiro atoms. The van der Waals surface area contributed by atoms with Gasteiger partial charge in [0.25, 0.3) is 0 Å². The van der Waals surface area contributed by atoms with Crippen molar-refractivity contribution in [3.8, 4) is 0 Å². The molecule has 2 fully saturated rings. The molecule has 1 saturated carbocycles. The lowest BCUT2D eigenvalue weighted by atomic mass is 9.91. The van der Waals surface area contributed by atoms with E-state index in [0.717, 1.165) is 12.8 Å². The van der Waals surface area contributed by atoms with Crippen molar-refractivity contribution in [3.05, 3.63) is 83.9 Å². The second-order valence-corrected chi connectivity index (χ2v) is 10.9. The van der Waals surface area contributed by atoms with E-state index in [1.807, 2.05) is 12.1 Å². The van der Waals surface area contributed by atoms with Gasteiger partial charge < -0.3 is 30.3 Å². The lowest BCUT2D eigenvalue weighted by molar-refractivity contribution is -0.0580. The first-order valence-corrected chi connectivity index (χ1v) is 14.4. The summed E-state index contributed by atoms with van der Waals surface area (Å²) in [6.07, 6.45) is 2.63. The number of nitrogens with one attached hydrogen (secondary N) is 2. The molecule has 10 nitrogen and oxygen atoms in total. The van der Waals surface area contributed by atoms with Crippen LogP contribution >= 0.6 is 0 Å². The maximum absolute atomic E-state index is 10.8. The third kappa shape index (κ3) is 5.98. The van der Waals surface area contributed by atoms with Gasteiger partial charge in [-0.1, -0.05) is 73.5 Å². The average Bonchev–Trinajstić information content (AvgIpc) is 3.74. The Morgan fingerprint density at radius 3 is 2.32 bits per heavy atom. The second-order valence-electron chi connectivity index (χ2n) is 10.9. The van der Waals surface area contributed by atoms with Crippen molar-refractivity contribution in [2.45, 2.75) is 68.7 Å². The van der Waals surface area contributed by atoms with Crippen molar-refractivity contribution in [3.63, 3.8) is 0 Å². The highest BCUT2D eigenvalue weighted by atomic mass is 16.6. The zero-order valence-corrected chi connectivity index (χ0v) is 23.3. The Kier molecular flexibility index (Phi) is 8.54. The maximum Gasteiger partial charge on any atom is 0.168 e. The first-order valence-electron chi connectivity index (χ1n) is 14.4. The van der Waals surface area contributed by atoms with Gasteiger partial charge in [-0.15, -0.1) is 0 Å². The van der Waals surface area contributed by atoms with Crippen LogP contribution in [0.2, 0.25) is 0 Å². The predicted molar refractivity (Wildman–Crippen MR) is 155 cm³/mol. The Morgan fingerprint density at radius 1 is 0.976 bits per heavy atom.